The van der Waals surface area contributed by atoms with Gasteiger partial charge >= 0.3 is 0 Å². The first-order valence-electron chi connectivity index (χ1n) is 6.30. The van der Waals surface area contributed by atoms with Gasteiger partial charge in [0.2, 0.25) is 5.91 Å². The smallest absolute Gasteiger partial charge is 0.261 e. The highest BCUT2D eigenvalue weighted by molar-refractivity contribution is 8.13. The number of hydrogen-bond donors (Lipinski definition) is 1. The van der Waals surface area contributed by atoms with Crippen molar-refractivity contribution in [2.45, 2.75) is 44.4 Å². The van der Waals surface area contributed by atoms with Gasteiger partial charge < -0.3 is 5.32 Å². The van der Waals surface area contributed by atoms with Crippen molar-refractivity contribution in [2.24, 2.45) is 0 Å². The Kier molecular flexibility index (Phi) is 6.30. The van der Waals surface area contributed by atoms with E-state index in [9.17, 15) is 13.2 Å². The van der Waals surface area contributed by atoms with Crippen LogP contribution in [0.3, 0.4) is 0 Å². The van der Waals surface area contributed by atoms with Crippen LogP contribution in [0, 0.1) is 6.92 Å². The van der Waals surface area contributed by atoms with Crippen LogP contribution in [-0.2, 0) is 13.8 Å². The third kappa shape index (κ3) is 4.96. The summed E-state index contributed by atoms with van der Waals surface area (Å²) in [5.41, 5.74) is 0.984. The van der Waals surface area contributed by atoms with Crippen molar-refractivity contribution in [3.8, 4) is 0 Å². The van der Waals surface area contributed by atoms with E-state index in [0.29, 0.717) is 17.7 Å². The minimum absolute atomic E-state index is 0.0781. The number of amides is 1. The van der Waals surface area contributed by atoms with E-state index >= 15 is 0 Å². The molecule has 0 spiro atoms. The Morgan fingerprint density at radius 3 is 2.45 bits per heavy atom. The highest BCUT2D eigenvalue weighted by Crippen LogP contribution is 2.30. The second kappa shape index (κ2) is 7.29. The van der Waals surface area contributed by atoms with Crippen LogP contribution < -0.4 is 5.32 Å². The summed E-state index contributed by atoms with van der Waals surface area (Å²) >= 11 is 6.01. The first-order valence-corrected chi connectivity index (χ1v) is 8.99. The molecule has 0 saturated carbocycles. The van der Waals surface area contributed by atoms with Crippen molar-refractivity contribution in [1.82, 2.24) is 0 Å². The average Bonchev–Trinajstić information content (AvgIpc) is 2.32. The van der Waals surface area contributed by atoms with E-state index in [-0.39, 0.29) is 15.8 Å². The fraction of sp³-hybridized carbons (Fsp3) is 0.462. The summed E-state index contributed by atoms with van der Waals surface area (Å²) in [6.07, 6.45) is 3.26. The monoisotopic (exact) mass is 337 g/mol. The molecule has 1 amide bonds. The van der Waals surface area contributed by atoms with Crippen LogP contribution in [0.2, 0.25) is 5.02 Å². The van der Waals surface area contributed by atoms with Gasteiger partial charge in [0.05, 0.1) is 15.6 Å². The number of hydrogen-bond acceptors (Lipinski definition) is 3. The van der Waals surface area contributed by atoms with Gasteiger partial charge in [-0.3, -0.25) is 4.79 Å². The maximum absolute atomic E-state index is 11.8. The first kappa shape index (κ1) is 17.3. The number of unbranched alkanes of at least 4 members (excludes halogenated alkanes) is 2. The Bertz CT molecular complexity index is 577. The highest BCUT2D eigenvalue weighted by Gasteiger charge is 2.16. The summed E-state index contributed by atoms with van der Waals surface area (Å²) in [6, 6.07) is 2.62. The molecule has 0 atom stereocenters. The Morgan fingerprint density at radius 1 is 1.30 bits per heavy atom. The maximum Gasteiger partial charge on any atom is 0.261 e. The predicted octanol–water partition coefficient (Wildman–Crippen LogP) is 4.09. The Labute approximate surface area is 128 Å². The maximum atomic E-state index is 11.8. The van der Waals surface area contributed by atoms with E-state index in [4.69, 9.17) is 22.3 Å². The molecule has 0 unspecified atom stereocenters. The van der Waals surface area contributed by atoms with Crippen molar-refractivity contribution in [3.05, 3.63) is 22.7 Å². The van der Waals surface area contributed by atoms with Crippen LogP contribution in [0.4, 0.5) is 5.69 Å². The molecular formula is C13H17Cl2NO3S. The largest absolute Gasteiger partial charge is 0.325 e. The lowest BCUT2D eigenvalue weighted by atomic mass is 10.1. The number of rotatable bonds is 6. The molecule has 1 aromatic carbocycles. The van der Waals surface area contributed by atoms with E-state index in [1.807, 2.05) is 0 Å². The normalized spacial score (nSPS) is 11.4. The van der Waals surface area contributed by atoms with Crippen LogP contribution in [0.15, 0.2) is 17.0 Å². The number of anilines is 1. The van der Waals surface area contributed by atoms with Crippen LogP contribution in [-0.4, -0.2) is 14.3 Å². The Morgan fingerprint density at radius 2 is 1.95 bits per heavy atom. The van der Waals surface area contributed by atoms with E-state index in [1.54, 1.807) is 6.92 Å². The molecule has 0 aromatic heterocycles. The SMILES string of the molecule is CCCCCC(=O)Nc1c(C)cc(S(=O)(=O)Cl)cc1Cl. The second-order valence-electron chi connectivity index (χ2n) is 4.54. The molecule has 7 heteroatoms. The summed E-state index contributed by atoms with van der Waals surface area (Å²) in [5, 5.41) is 2.87. The van der Waals surface area contributed by atoms with Crippen LogP contribution in [0.5, 0.6) is 0 Å². The zero-order valence-electron chi connectivity index (χ0n) is 11.4. The van der Waals surface area contributed by atoms with Gasteiger partial charge in [0.15, 0.2) is 0 Å². The summed E-state index contributed by atoms with van der Waals surface area (Å²) in [7, 11) is 1.44. The third-order valence-electron chi connectivity index (χ3n) is 2.81. The number of aryl methyl sites for hydroxylation is 1. The topological polar surface area (TPSA) is 63.2 Å². The summed E-state index contributed by atoms with van der Waals surface area (Å²) in [5.74, 6) is -0.134. The van der Waals surface area contributed by atoms with Gasteiger partial charge in [0.25, 0.3) is 9.05 Å². The zero-order chi connectivity index (χ0) is 15.3. The molecule has 0 aliphatic carbocycles. The van der Waals surface area contributed by atoms with Gasteiger partial charge in [0, 0.05) is 17.1 Å². The number of halogens is 2. The molecule has 20 heavy (non-hydrogen) atoms. The summed E-state index contributed by atoms with van der Waals surface area (Å²) in [6.45, 7) is 3.73. The highest BCUT2D eigenvalue weighted by atomic mass is 35.7. The molecule has 0 bridgehead atoms. The lowest BCUT2D eigenvalue weighted by Crippen LogP contribution is -2.12. The lowest BCUT2D eigenvalue weighted by molar-refractivity contribution is -0.116. The predicted molar refractivity (Wildman–Crippen MR) is 82.0 cm³/mol. The van der Waals surface area contributed by atoms with Crippen molar-refractivity contribution in [1.29, 1.82) is 0 Å². The first-order chi connectivity index (χ1) is 9.25. The van der Waals surface area contributed by atoms with Crippen molar-refractivity contribution in [3.63, 3.8) is 0 Å². The molecule has 112 valence electrons. The van der Waals surface area contributed by atoms with E-state index in [2.05, 4.69) is 12.2 Å². The van der Waals surface area contributed by atoms with Crippen LogP contribution in [0.25, 0.3) is 0 Å². The fourth-order valence-electron chi connectivity index (χ4n) is 1.75. The standard InChI is InChI=1S/C13H17Cl2NO3S/c1-3-4-5-6-12(17)16-13-9(2)7-10(8-11(13)14)20(15,18)19/h7-8H,3-6H2,1-2H3,(H,16,17). The van der Waals surface area contributed by atoms with Gasteiger partial charge in [-0.2, -0.15) is 0 Å². The molecule has 0 aliphatic heterocycles. The van der Waals surface area contributed by atoms with E-state index < -0.39 is 9.05 Å². The molecular weight excluding hydrogens is 321 g/mol. The quantitative estimate of drug-likeness (QED) is 0.627. The van der Waals surface area contributed by atoms with Crippen LogP contribution in [0.1, 0.15) is 38.2 Å². The third-order valence-corrected chi connectivity index (χ3v) is 4.45. The van der Waals surface area contributed by atoms with E-state index in [1.165, 1.54) is 12.1 Å². The fourth-order valence-corrected chi connectivity index (χ4v) is 2.97. The molecule has 0 aliphatic rings. The number of carbonyl (C=O) groups excluding carboxylic acids is 1. The van der Waals surface area contributed by atoms with Gasteiger partial charge in [-0.05, 0) is 31.0 Å². The number of carbonyl (C=O) groups is 1. The van der Waals surface area contributed by atoms with Gasteiger partial charge in [0.1, 0.15) is 0 Å². The number of benzene rings is 1. The zero-order valence-corrected chi connectivity index (χ0v) is 13.7. The van der Waals surface area contributed by atoms with Gasteiger partial charge in [-0.25, -0.2) is 8.42 Å². The summed E-state index contributed by atoms with van der Waals surface area (Å²) in [4.78, 5) is 11.7. The molecule has 0 fully saturated rings. The average molecular weight is 338 g/mol. The van der Waals surface area contributed by atoms with E-state index in [0.717, 1.165) is 19.3 Å². The van der Waals surface area contributed by atoms with Crippen LogP contribution >= 0.6 is 22.3 Å². The Balaban J connectivity index is 2.90. The molecule has 1 rings (SSSR count). The van der Waals surface area contributed by atoms with Crippen molar-refractivity contribution < 1.29 is 13.2 Å². The minimum Gasteiger partial charge on any atom is -0.325 e. The number of nitrogens with one attached hydrogen (secondary N) is 1. The lowest BCUT2D eigenvalue weighted by Gasteiger charge is -2.11. The molecule has 0 saturated heterocycles. The Hall–Kier alpha value is -0.780. The van der Waals surface area contributed by atoms with Crippen molar-refractivity contribution in [2.75, 3.05) is 5.32 Å². The molecule has 0 radical (unpaired) electrons. The van der Waals surface area contributed by atoms with Gasteiger partial charge in [-0.15, -0.1) is 0 Å². The van der Waals surface area contributed by atoms with Crippen molar-refractivity contribution >= 4 is 42.9 Å². The van der Waals surface area contributed by atoms with Gasteiger partial charge in [-0.1, -0.05) is 31.4 Å². The summed E-state index contributed by atoms with van der Waals surface area (Å²) < 4.78 is 22.5. The molecule has 1 N–H and O–H groups in total. The minimum atomic E-state index is -3.84. The molecule has 1 aromatic rings. The second-order valence-corrected chi connectivity index (χ2v) is 7.51. The molecule has 4 nitrogen and oxygen atoms in total. The molecule has 0 heterocycles.